The molecular weight excluding hydrogens is 524 g/mol. The largest absolute Gasteiger partial charge is 0.339 e. The number of fused-ring (bicyclic) bond motifs is 8. The monoisotopic (exact) mass is 554 g/mol. The predicted octanol–water partition coefficient (Wildman–Crippen LogP) is 10.2. The SMILES string of the molecule is Cc1ccc2c(c1)C(C)(C)c1ccccc1N2c1ccc2[nH]c3ncc(-n4c5ccccc5c5ccccc54)cc3c2c1. The van der Waals surface area contributed by atoms with Crippen molar-refractivity contribution in [3.05, 3.63) is 138 Å². The number of anilines is 3. The van der Waals surface area contributed by atoms with Gasteiger partial charge in [0.05, 0.1) is 34.3 Å². The molecule has 8 aromatic rings. The maximum absolute atomic E-state index is 4.94. The van der Waals surface area contributed by atoms with Crippen molar-refractivity contribution in [2.45, 2.75) is 26.2 Å². The van der Waals surface area contributed by atoms with Gasteiger partial charge >= 0.3 is 0 Å². The number of pyridine rings is 1. The lowest BCUT2D eigenvalue weighted by Crippen LogP contribution is -2.30. The number of benzene rings is 5. The Hall–Kier alpha value is -5.35. The molecule has 4 nitrogen and oxygen atoms in total. The molecule has 1 aliphatic heterocycles. The number of H-pyrrole nitrogens is 1. The Morgan fingerprint density at radius 3 is 2.07 bits per heavy atom. The Bertz CT molecular complexity index is 2350. The summed E-state index contributed by atoms with van der Waals surface area (Å²) in [5.41, 5.74) is 12.9. The van der Waals surface area contributed by atoms with Crippen molar-refractivity contribution < 1.29 is 0 Å². The van der Waals surface area contributed by atoms with E-state index in [1.165, 1.54) is 55.3 Å². The van der Waals surface area contributed by atoms with E-state index in [1.54, 1.807) is 0 Å². The first kappa shape index (κ1) is 24.3. The summed E-state index contributed by atoms with van der Waals surface area (Å²) in [6.07, 6.45) is 1.99. The molecule has 0 unspecified atom stereocenters. The summed E-state index contributed by atoms with van der Waals surface area (Å²) in [5.74, 6) is 0. The number of hydrogen-bond acceptors (Lipinski definition) is 2. The summed E-state index contributed by atoms with van der Waals surface area (Å²) in [6.45, 7) is 6.86. The van der Waals surface area contributed by atoms with E-state index in [-0.39, 0.29) is 5.41 Å². The van der Waals surface area contributed by atoms with Gasteiger partial charge in [0, 0.05) is 38.2 Å². The van der Waals surface area contributed by atoms with E-state index in [0.29, 0.717) is 0 Å². The summed E-state index contributed by atoms with van der Waals surface area (Å²) in [7, 11) is 0. The predicted molar refractivity (Wildman–Crippen MR) is 179 cm³/mol. The van der Waals surface area contributed by atoms with Crippen molar-refractivity contribution in [3.8, 4) is 5.69 Å². The van der Waals surface area contributed by atoms with Gasteiger partial charge in [-0.15, -0.1) is 0 Å². The second-order valence-electron chi connectivity index (χ2n) is 12.3. The molecule has 1 N–H and O–H groups in total. The van der Waals surface area contributed by atoms with E-state index in [0.717, 1.165) is 27.9 Å². The molecule has 1 aliphatic rings. The number of hydrogen-bond donors (Lipinski definition) is 1. The van der Waals surface area contributed by atoms with Crippen molar-refractivity contribution in [2.75, 3.05) is 4.90 Å². The fourth-order valence-electron chi connectivity index (χ4n) is 7.31. The Morgan fingerprint density at radius 1 is 0.605 bits per heavy atom. The zero-order valence-electron chi connectivity index (χ0n) is 24.4. The van der Waals surface area contributed by atoms with E-state index in [9.17, 15) is 0 Å². The van der Waals surface area contributed by atoms with E-state index in [4.69, 9.17) is 4.98 Å². The molecule has 3 aromatic heterocycles. The van der Waals surface area contributed by atoms with E-state index in [1.807, 2.05) is 6.20 Å². The van der Waals surface area contributed by atoms with Crippen LogP contribution in [-0.2, 0) is 5.41 Å². The molecule has 0 saturated heterocycles. The van der Waals surface area contributed by atoms with Crippen molar-refractivity contribution in [2.24, 2.45) is 0 Å². The molecular formula is C39H30N4. The lowest BCUT2D eigenvalue weighted by molar-refractivity contribution is 0.631. The van der Waals surface area contributed by atoms with Gasteiger partial charge in [-0.05, 0) is 66.6 Å². The molecule has 0 fully saturated rings. The summed E-state index contributed by atoms with van der Waals surface area (Å²) in [5, 5.41) is 4.78. The normalized spacial score (nSPS) is 14.1. The number of aromatic amines is 1. The van der Waals surface area contributed by atoms with Gasteiger partial charge in [-0.3, -0.25) is 0 Å². The van der Waals surface area contributed by atoms with Crippen LogP contribution in [0.1, 0.15) is 30.5 Å². The van der Waals surface area contributed by atoms with Gasteiger partial charge < -0.3 is 14.5 Å². The van der Waals surface area contributed by atoms with Crippen molar-refractivity contribution >= 4 is 60.8 Å². The Morgan fingerprint density at radius 2 is 1.28 bits per heavy atom. The summed E-state index contributed by atoms with van der Waals surface area (Å²) in [4.78, 5) is 10.9. The number of rotatable bonds is 2. The number of aryl methyl sites for hydroxylation is 1. The maximum Gasteiger partial charge on any atom is 0.138 e. The molecule has 206 valence electrons. The molecule has 0 aliphatic carbocycles. The highest BCUT2D eigenvalue weighted by molar-refractivity contribution is 6.11. The molecule has 0 amide bonds. The molecule has 0 spiro atoms. The third kappa shape index (κ3) is 3.35. The zero-order valence-corrected chi connectivity index (χ0v) is 24.4. The maximum atomic E-state index is 4.94. The zero-order chi connectivity index (χ0) is 28.9. The van der Waals surface area contributed by atoms with E-state index in [2.05, 4.69) is 150 Å². The van der Waals surface area contributed by atoms with Crippen molar-refractivity contribution in [1.29, 1.82) is 0 Å². The van der Waals surface area contributed by atoms with Crippen LogP contribution in [0.4, 0.5) is 17.1 Å². The first-order chi connectivity index (χ1) is 21.0. The molecule has 9 rings (SSSR count). The van der Waals surface area contributed by atoms with Gasteiger partial charge in [-0.25, -0.2) is 4.98 Å². The van der Waals surface area contributed by atoms with Crippen LogP contribution in [0.5, 0.6) is 0 Å². The average Bonchev–Trinajstić information content (AvgIpc) is 3.57. The van der Waals surface area contributed by atoms with Gasteiger partial charge in [0.15, 0.2) is 0 Å². The fraction of sp³-hybridized carbons (Fsp3) is 0.103. The van der Waals surface area contributed by atoms with Crippen LogP contribution >= 0.6 is 0 Å². The summed E-state index contributed by atoms with van der Waals surface area (Å²) < 4.78 is 2.33. The highest BCUT2D eigenvalue weighted by Gasteiger charge is 2.36. The molecule has 0 saturated carbocycles. The molecule has 0 bridgehead atoms. The van der Waals surface area contributed by atoms with Gasteiger partial charge in [-0.1, -0.05) is 86.1 Å². The Kier molecular flexibility index (Phi) is 4.85. The van der Waals surface area contributed by atoms with Crippen molar-refractivity contribution in [3.63, 3.8) is 0 Å². The van der Waals surface area contributed by atoms with Crippen LogP contribution in [0, 0.1) is 6.92 Å². The number of nitrogens with zero attached hydrogens (tertiary/aromatic N) is 3. The Labute approximate surface area is 249 Å². The second-order valence-corrected chi connectivity index (χ2v) is 12.3. The minimum absolute atomic E-state index is 0.0968. The highest BCUT2D eigenvalue weighted by Crippen LogP contribution is 2.52. The number of para-hydroxylation sites is 3. The van der Waals surface area contributed by atoms with E-state index < -0.39 is 0 Å². The number of nitrogens with one attached hydrogen (secondary N) is 1. The van der Waals surface area contributed by atoms with Crippen LogP contribution in [-0.4, -0.2) is 14.5 Å². The first-order valence-corrected chi connectivity index (χ1v) is 14.9. The summed E-state index contributed by atoms with van der Waals surface area (Å²) >= 11 is 0. The molecule has 5 aromatic carbocycles. The van der Waals surface area contributed by atoms with Gasteiger partial charge in [-0.2, -0.15) is 0 Å². The molecule has 0 atom stereocenters. The van der Waals surface area contributed by atoms with Crippen LogP contribution in [0.2, 0.25) is 0 Å². The van der Waals surface area contributed by atoms with Crippen LogP contribution in [0.15, 0.2) is 121 Å². The van der Waals surface area contributed by atoms with Gasteiger partial charge in [0.25, 0.3) is 0 Å². The molecule has 4 heterocycles. The molecule has 4 heteroatoms. The topological polar surface area (TPSA) is 36.9 Å². The number of aromatic nitrogens is 3. The molecule has 43 heavy (non-hydrogen) atoms. The van der Waals surface area contributed by atoms with Crippen LogP contribution in [0.3, 0.4) is 0 Å². The van der Waals surface area contributed by atoms with Gasteiger partial charge in [0.2, 0.25) is 0 Å². The molecule has 0 radical (unpaired) electrons. The Balaban J connectivity index is 1.28. The third-order valence-electron chi connectivity index (χ3n) is 9.40. The fourth-order valence-corrected chi connectivity index (χ4v) is 7.31. The first-order valence-electron chi connectivity index (χ1n) is 14.9. The third-order valence-corrected chi connectivity index (χ3v) is 9.40. The van der Waals surface area contributed by atoms with Crippen molar-refractivity contribution in [1.82, 2.24) is 14.5 Å². The van der Waals surface area contributed by atoms with Gasteiger partial charge in [0.1, 0.15) is 5.65 Å². The highest BCUT2D eigenvalue weighted by atomic mass is 15.2. The average molecular weight is 555 g/mol. The second kappa shape index (κ2) is 8.59. The van der Waals surface area contributed by atoms with E-state index >= 15 is 0 Å². The van der Waals surface area contributed by atoms with Crippen LogP contribution in [0.25, 0.3) is 49.4 Å². The summed E-state index contributed by atoms with van der Waals surface area (Å²) in [6, 6.07) is 42.0. The lowest BCUT2D eigenvalue weighted by Gasteiger charge is -2.42. The lowest BCUT2D eigenvalue weighted by atomic mass is 9.73. The standard InChI is InChI=1S/C39H30N4/c1-24-16-19-37-32(20-24)39(2,3)31-12-6-9-15-36(31)42(37)25-17-18-33-29(21-25)30-22-26(23-40-38(30)41-33)43-34-13-7-4-10-27(34)28-11-5-8-14-35(28)43/h4-23H,1-3H3,(H,40,41). The minimum atomic E-state index is -0.0968. The van der Waals surface area contributed by atoms with Crippen LogP contribution < -0.4 is 4.90 Å². The minimum Gasteiger partial charge on any atom is -0.339 e. The smallest absolute Gasteiger partial charge is 0.138 e. The quantitative estimate of drug-likeness (QED) is 0.231.